The van der Waals surface area contributed by atoms with E-state index in [-0.39, 0.29) is 0 Å². The molecule has 8 aromatic rings. The Labute approximate surface area is 268 Å². The van der Waals surface area contributed by atoms with Crippen molar-refractivity contribution < 1.29 is 0 Å². The van der Waals surface area contributed by atoms with E-state index in [1.165, 1.54) is 54.5 Å². The van der Waals surface area contributed by atoms with E-state index < -0.39 is 0 Å². The summed E-state index contributed by atoms with van der Waals surface area (Å²) in [5, 5.41) is 17.4. The van der Waals surface area contributed by atoms with Crippen LogP contribution in [0.5, 0.6) is 0 Å². The number of nitrogens with one attached hydrogen (secondary N) is 2. The van der Waals surface area contributed by atoms with Crippen molar-refractivity contribution in [1.29, 1.82) is 0 Å². The van der Waals surface area contributed by atoms with E-state index in [0.717, 1.165) is 61.1 Å². The predicted molar refractivity (Wildman–Crippen MR) is 197 cm³/mol. The van der Waals surface area contributed by atoms with Crippen molar-refractivity contribution in [3.63, 3.8) is 0 Å². The zero-order valence-electron chi connectivity index (χ0n) is 26.1. The molecule has 0 aliphatic heterocycles. The van der Waals surface area contributed by atoms with E-state index in [1.54, 1.807) is 0 Å². The lowest BCUT2D eigenvalue weighted by Gasteiger charge is -2.19. The van der Waals surface area contributed by atoms with Crippen LogP contribution in [0.15, 0.2) is 121 Å². The van der Waals surface area contributed by atoms with Gasteiger partial charge in [0.25, 0.3) is 0 Å². The van der Waals surface area contributed by atoms with Crippen molar-refractivity contribution in [2.45, 2.75) is 12.8 Å². The molecule has 5 nitrogen and oxygen atoms in total. The maximum atomic E-state index is 5.00. The van der Waals surface area contributed by atoms with Crippen LogP contribution >= 0.6 is 0 Å². The number of anilines is 2. The molecule has 0 unspecified atom stereocenters. The summed E-state index contributed by atoms with van der Waals surface area (Å²) in [6, 6.07) is 42.8. The molecule has 226 valence electrons. The van der Waals surface area contributed by atoms with Gasteiger partial charge in [0.2, 0.25) is 0 Å². The Balaban J connectivity index is 0.940. The van der Waals surface area contributed by atoms with Crippen LogP contribution in [-0.4, -0.2) is 48.1 Å². The molecule has 0 bridgehead atoms. The molecule has 0 radical (unpaired) electrons. The number of pyridine rings is 2. The second kappa shape index (κ2) is 12.3. The van der Waals surface area contributed by atoms with Gasteiger partial charge in [-0.15, -0.1) is 0 Å². The third kappa shape index (κ3) is 5.23. The molecule has 0 fully saturated rings. The van der Waals surface area contributed by atoms with Crippen molar-refractivity contribution >= 4 is 76.5 Å². The van der Waals surface area contributed by atoms with Crippen molar-refractivity contribution in [3.8, 4) is 0 Å². The summed E-state index contributed by atoms with van der Waals surface area (Å²) in [7, 11) is 2.23. The largest absolute Gasteiger partial charge is 0.384 e. The van der Waals surface area contributed by atoms with Crippen molar-refractivity contribution in [3.05, 3.63) is 121 Å². The van der Waals surface area contributed by atoms with Crippen LogP contribution in [0.4, 0.5) is 11.4 Å². The number of hydrogen-bond donors (Lipinski definition) is 2. The Hall–Kier alpha value is -5.26. The van der Waals surface area contributed by atoms with Gasteiger partial charge in [-0.3, -0.25) is 0 Å². The molecule has 2 heterocycles. The zero-order valence-corrected chi connectivity index (χ0v) is 26.1. The number of hydrogen-bond acceptors (Lipinski definition) is 5. The van der Waals surface area contributed by atoms with E-state index in [9.17, 15) is 0 Å². The number of aromatic nitrogens is 2. The topological polar surface area (TPSA) is 53.1 Å². The molecule has 0 amide bonds. The predicted octanol–water partition coefficient (Wildman–Crippen LogP) is 9.63. The van der Waals surface area contributed by atoms with Gasteiger partial charge in [0.15, 0.2) is 0 Å². The van der Waals surface area contributed by atoms with Crippen LogP contribution in [0.25, 0.3) is 65.2 Å². The molecule has 5 heteroatoms. The first kappa shape index (κ1) is 28.2. The highest BCUT2D eigenvalue weighted by atomic mass is 15.1. The smallest absolute Gasteiger partial charge is 0.0737 e. The van der Waals surface area contributed by atoms with Gasteiger partial charge in [-0.2, -0.15) is 0 Å². The third-order valence-corrected chi connectivity index (χ3v) is 9.18. The maximum absolute atomic E-state index is 5.00. The number of rotatable bonds is 10. The van der Waals surface area contributed by atoms with Gasteiger partial charge in [0.05, 0.1) is 33.4 Å². The van der Waals surface area contributed by atoms with Gasteiger partial charge in [-0.1, -0.05) is 97.1 Å². The molecule has 0 spiro atoms. The van der Waals surface area contributed by atoms with Crippen LogP contribution in [0.1, 0.15) is 12.8 Å². The van der Waals surface area contributed by atoms with E-state index in [4.69, 9.17) is 9.97 Å². The molecule has 8 rings (SSSR count). The Morgan fingerprint density at radius 2 is 0.870 bits per heavy atom. The zero-order chi connectivity index (χ0) is 30.9. The molecule has 6 aromatic carbocycles. The molecular formula is C41H37N5. The third-order valence-electron chi connectivity index (χ3n) is 9.18. The summed E-state index contributed by atoms with van der Waals surface area (Å²) in [6.45, 7) is 3.86. The normalized spacial score (nSPS) is 11.9. The van der Waals surface area contributed by atoms with Crippen LogP contribution in [0.3, 0.4) is 0 Å². The highest BCUT2D eigenvalue weighted by Gasteiger charge is 2.14. The SMILES string of the molecule is CN(CCCNc1c2ccccc2nc2ccc3ccccc3c12)CCCNc1c2ccccc2nc2ccc3ccccc3c12. The second-order valence-electron chi connectivity index (χ2n) is 12.2. The first-order chi connectivity index (χ1) is 22.7. The fourth-order valence-corrected chi connectivity index (χ4v) is 6.93. The molecule has 0 atom stereocenters. The summed E-state index contributed by atoms with van der Waals surface area (Å²) < 4.78 is 0. The van der Waals surface area contributed by atoms with Crippen molar-refractivity contribution in [2.24, 2.45) is 0 Å². The van der Waals surface area contributed by atoms with E-state index >= 15 is 0 Å². The Bertz CT molecular complexity index is 2200. The van der Waals surface area contributed by atoms with Crippen molar-refractivity contribution in [1.82, 2.24) is 14.9 Å². The highest BCUT2D eigenvalue weighted by molar-refractivity contribution is 6.19. The standard InChI is InChI=1S/C41H37N5/c1-46(26-10-24-42-40-32-16-6-8-18-34(32)44-36-22-20-28-12-2-4-14-30(28)38(36)40)27-11-25-43-41-33-17-7-9-19-35(33)45-37-23-21-29-13-3-5-15-31(29)39(37)41/h2-9,12-23H,10-11,24-27H2,1H3,(H,42,44)(H,43,45). The van der Waals surface area contributed by atoms with Gasteiger partial charge in [0.1, 0.15) is 0 Å². The summed E-state index contributed by atoms with van der Waals surface area (Å²) >= 11 is 0. The van der Waals surface area contributed by atoms with Gasteiger partial charge in [-0.25, -0.2) is 9.97 Å². The second-order valence-corrected chi connectivity index (χ2v) is 12.2. The summed E-state index contributed by atoms with van der Waals surface area (Å²) in [6.07, 6.45) is 2.11. The van der Waals surface area contributed by atoms with Gasteiger partial charge < -0.3 is 15.5 Å². The minimum Gasteiger partial charge on any atom is -0.384 e. The Kier molecular flexibility index (Phi) is 7.53. The summed E-state index contributed by atoms with van der Waals surface area (Å²) in [5.41, 5.74) is 6.50. The molecule has 0 saturated carbocycles. The minimum absolute atomic E-state index is 0.900. The maximum Gasteiger partial charge on any atom is 0.0737 e. The Morgan fingerprint density at radius 3 is 1.35 bits per heavy atom. The molecule has 0 aliphatic rings. The molecule has 0 saturated heterocycles. The summed E-state index contributed by atoms with van der Waals surface area (Å²) in [5.74, 6) is 0. The lowest BCUT2D eigenvalue weighted by molar-refractivity contribution is 0.331. The summed E-state index contributed by atoms with van der Waals surface area (Å²) in [4.78, 5) is 12.4. The monoisotopic (exact) mass is 599 g/mol. The number of para-hydroxylation sites is 2. The average Bonchev–Trinajstić information content (AvgIpc) is 3.10. The first-order valence-corrected chi connectivity index (χ1v) is 16.3. The van der Waals surface area contributed by atoms with E-state index in [2.05, 4.69) is 144 Å². The number of nitrogens with zero attached hydrogens (tertiary/aromatic N) is 3. The molecule has 2 N–H and O–H groups in total. The fourth-order valence-electron chi connectivity index (χ4n) is 6.93. The average molecular weight is 600 g/mol. The van der Waals surface area contributed by atoms with E-state index in [0.29, 0.717) is 0 Å². The lowest BCUT2D eigenvalue weighted by atomic mass is 10.0. The van der Waals surface area contributed by atoms with Crippen LogP contribution in [0, 0.1) is 0 Å². The van der Waals surface area contributed by atoms with Gasteiger partial charge >= 0.3 is 0 Å². The van der Waals surface area contributed by atoms with Gasteiger partial charge in [0, 0.05) is 34.6 Å². The number of fused-ring (bicyclic) bond motifs is 8. The van der Waals surface area contributed by atoms with Crippen LogP contribution < -0.4 is 10.6 Å². The molecule has 2 aromatic heterocycles. The van der Waals surface area contributed by atoms with Gasteiger partial charge in [-0.05, 0) is 78.8 Å². The molecular weight excluding hydrogens is 562 g/mol. The van der Waals surface area contributed by atoms with Crippen molar-refractivity contribution in [2.75, 3.05) is 43.9 Å². The minimum atomic E-state index is 0.900. The molecule has 0 aliphatic carbocycles. The fraction of sp³-hybridized carbons (Fsp3) is 0.171. The molecule has 46 heavy (non-hydrogen) atoms. The highest BCUT2D eigenvalue weighted by Crippen LogP contribution is 2.37. The van der Waals surface area contributed by atoms with E-state index in [1.807, 2.05) is 0 Å². The quantitative estimate of drug-likeness (QED) is 0.0931. The van der Waals surface area contributed by atoms with Crippen LogP contribution in [0.2, 0.25) is 0 Å². The number of benzene rings is 6. The van der Waals surface area contributed by atoms with Crippen LogP contribution in [-0.2, 0) is 0 Å². The Morgan fingerprint density at radius 1 is 0.457 bits per heavy atom. The lowest BCUT2D eigenvalue weighted by Crippen LogP contribution is -2.24. The first-order valence-electron chi connectivity index (χ1n) is 16.3.